The van der Waals surface area contributed by atoms with Gasteiger partial charge in [0.15, 0.2) is 5.69 Å². The minimum Gasteiger partial charge on any atom is -0.480 e. The Labute approximate surface area is 166 Å². The van der Waals surface area contributed by atoms with Gasteiger partial charge < -0.3 is 15.7 Å². The fraction of sp³-hybridized carbons (Fsp3) is 0.211. The van der Waals surface area contributed by atoms with E-state index in [4.69, 9.17) is 5.11 Å². The third-order valence-corrected chi connectivity index (χ3v) is 4.19. The second-order valence-corrected chi connectivity index (χ2v) is 6.27. The Hall–Kier alpha value is -3.95. The minimum atomic E-state index is -1.05. The van der Waals surface area contributed by atoms with Crippen molar-refractivity contribution in [3.63, 3.8) is 0 Å². The number of aliphatic carboxylic acids is 1. The Balaban J connectivity index is 1.67. The third-order valence-electron chi connectivity index (χ3n) is 4.19. The maximum absolute atomic E-state index is 12.4. The lowest BCUT2D eigenvalue weighted by atomic mass is 10.2. The summed E-state index contributed by atoms with van der Waals surface area (Å²) in [4.78, 5) is 35.7. The highest BCUT2D eigenvalue weighted by Gasteiger charge is 2.17. The van der Waals surface area contributed by atoms with Crippen molar-refractivity contribution < 1.29 is 19.5 Å². The molecule has 2 aromatic heterocycles. The van der Waals surface area contributed by atoms with Crippen molar-refractivity contribution in [3.05, 3.63) is 60.2 Å². The molecule has 2 amide bonds. The summed E-state index contributed by atoms with van der Waals surface area (Å²) in [5.41, 5.74) is 1.47. The van der Waals surface area contributed by atoms with Gasteiger partial charge in [-0.15, -0.1) is 0 Å². The Morgan fingerprint density at radius 1 is 1.14 bits per heavy atom. The minimum absolute atomic E-state index is 0.220. The summed E-state index contributed by atoms with van der Waals surface area (Å²) >= 11 is 0. The number of carboxylic acid groups (broad SMARTS) is 1. The molecular weight excluding hydrogens is 376 g/mol. The predicted molar refractivity (Wildman–Crippen MR) is 105 cm³/mol. The maximum Gasteiger partial charge on any atom is 0.328 e. The molecule has 10 heteroatoms. The maximum atomic E-state index is 12.4. The molecule has 3 rings (SSSR count). The zero-order chi connectivity index (χ0) is 21.0. The predicted octanol–water partition coefficient (Wildman–Crippen LogP) is 2.25. The monoisotopic (exact) mass is 396 g/mol. The van der Waals surface area contributed by atoms with Gasteiger partial charge in [0.25, 0.3) is 11.8 Å². The Morgan fingerprint density at radius 3 is 2.45 bits per heavy atom. The normalized spacial score (nSPS) is 11.7. The number of carboxylic acids is 1. The number of anilines is 2. The van der Waals surface area contributed by atoms with Crippen LogP contribution in [0.1, 0.15) is 40.7 Å². The first-order valence-corrected chi connectivity index (χ1v) is 8.90. The van der Waals surface area contributed by atoms with E-state index in [1.165, 1.54) is 24.0 Å². The van der Waals surface area contributed by atoms with Crippen LogP contribution in [0.2, 0.25) is 0 Å². The molecule has 0 saturated carbocycles. The summed E-state index contributed by atoms with van der Waals surface area (Å²) in [6.45, 7) is 4.05. The Bertz CT molecular complexity index is 1050. The average molecular weight is 396 g/mol. The van der Waals surface area contributed by atoms with Crippen LogP contribution < -0.4 is 10.6 Å². The molecule has 0 fully saturated rings. The van der Waals surface area contributed by atoms with E-state index in [1.54, 1.807) is 41.2 Å². The summed E-state index contributed by atoms with van der Waals surface area (Å²) < 4.78 is 2.85. The molecule has 0 radical (unpaired) electrons. The SMILES string of the molecule is CCn1ccc(C(=O)Nc2cccc(NC(=O)c3cnn(C(C)C(=O)O)c3)c2)n1. The number of aromatic nitrogens is 4. The molecule has 3 aromatic rings. The Kier molecular flexibility index (Phi) is 5.72. The highest BCUT2D eigenvalue weighted by atomic mass is 16.4. The molecule has 2 heterocycles. The van der Waals surface area contributed by atoms with E-state index in [1.807, 2.05) is 6.92 Å². The van der Waals surface area contributed by atoms with E-state index in [-0.39, 0.29) is 11.5 Å². The fourth-order valence-electron chi connectivity index (χ4n) is 2.51. The molecule has 0 aliphatic rings. The molecule has 0 bridgehead atoms. The van der Waals surface area contributed by atoms with Crippen molar-refractivity contribution in [3.8, 4) is 0 Å². The second-order valence-electron chi connectivity index (χ2n) is 6.27. The number of carbonyl (C=O) groups is 3. The van der Waals surface area contributed by atoms with E-state index in [9.17, 15) is 14.4 Å². The largest absolute Gasteiger partial charge is 0.480 e. The smallest absolute Gasteiger partial charge is 0.328 e. The molecular formula is C19H20N6O4. The van der Waals surface area contributed by atoms with Crippen molar-refractivity contribution in [2.75, 3.05) is 10.6 Å². The number of rotatable bonds is 7. The van der Waals surface area contributed by atoms with Crippen LogP contribution in [-0.2, 0) is 11.3 Å². The van der Waals surface area contributed by atoms with Gasteiger partial charge >= 0.3 is 5.97 Å². The molecule has 1 aromatic carbocycles. The lowest BCUT2D eigenvalue weighted by Gasteiger charge is -2.08. The average Bonchev–Trinajstić information content (AvgIpc) is 3.37. The summed E-state index contributed by atoms with van der Waals surface area (Å²) in [6, 6.07) is 7.40. The first-order chi connectivity index (χ1) is 13.9. The van der Waals surface area contributed by atoms with Crippen LogP contribution in [0, 0.1) is 0 Å². The number of aryl methyl sites for hydroxylation is 1. The fourth-order valence-corrected chi connectivity index (χ4v) is 2.51. The first kappa shape index (κ1) is 19.8. The van der Waals surface area contributed by atoms with Gasteiger partial charge in [0, 0.05) is 30.3 Å². The van der Waals surface area contributed by atoms with Crippen LogP contribution >= 0.6 is 0 Å². The number of benzene rings is 1. The molecule has 3 N–H and O–H groups in total. The Morgan fingerprint density at radius 2 is 1.83 bits per heavy atom. The van der Waals surface area contributed by atoms with Crippen molar-refractivity contribution in [2.24, 2.45) is 0 Å². The van der Waals surface area contributed by atoms with Crippen molar-refractivity contribution >= 4 is 29.2 Å². The molecule has 29 heavy (non-hydrogen) atoms. The van der Waals surface area contributed by atoms with Gasteiger partial charge in [-0.3, -0.25) is 19.0 Å². The highest BCUT2D eigenvalue weighted by Crippen LogP contribution is 2.17. The topological polar surface area (TPSA) is 131 Å². The van der Waals surface area contributed by atoms with E-state index in [0.29, 0.717) is 23.6 Å². The molecule has 0 aliphatic heterocycles. The highest BCUT2D eigenvalue weighted by molar-refractivity contribution is 6.05. The number of nitrogens with one attached hydrogen (secondary N) is 2. The molecule has 1 atom stereocenters. The summed E-state index contributed by atoms with van der Waals surface area (Å²) in [5, 5.41) is 22.5. The van der Waals surface area contributed by atoms with Gasteiger partial charge in [-0.05, 0) is 38.1 Å². The standard InChI is InChI=1S/C19H20N6O4/c1-3-24-8-7-16(23-24)18(27)22-15-6-4-5-14(9-15)21-17(26)13-10-20-25(11-13)12(2)19(28)29/h4-12H,3H2,1-2H3,(H,21,26)(H,22,27)(H,28,29). The second kappa shape index (κ2) is 8.38. The van der Waals surface area contributed by atoms with E-state index >= 15 is 0 Å². The zero-order valence-corrected chi connectivity index (χ0v) is 15.9. The lowest BCUT2D eigenvalue weighted by molar-refractivity contribution is -0.140. The molecule has 10 nitrogen and oxygen atoms in total. The van der Waals surface area contributed by atoms with Gasteiger partial charge in [-0.1, -0.05) is 6.07 Å². The lowest BCUT2D eigenvalue weighted by Crippen LogP contribution is -2.16. The number of hydrogen-bond donors (Lipinski definition) is 3. The number of hydrogen-bond acceptors (Lipinski definition) is 5. The summed E-state index contributed by atoms with van der Waals surface area (Å²) in [7, 11) is 0. The van der Waals surface area contributed by atoms with E-state index < -0.39 is 17.9 Å². The molecule has 1 unspecified atom stereocenters. The number of nitrogens with zero attached hydrogens (tertiary/aromatic N) is 4. The summed E-state index contributed by atoms with van der Waals surface area (Å²) in [6.07, 6.45) is 4.38. The zero-order valence-electron chi connectivity index (χ0n) is 15.9. The van der Waals surface area contributed by atoms with Crippen LogP contribution in [0.25, 0.3) is 0 Å². The number of amides is 2. The van der Waals surface area contributed by atoms with Gasteiger partial charge in [-0.2, -0.15) is 10.2 Å². The van der Waals surface area contributed by atoms with E-state index in [0.717, 1.165) is 0 Å². The van der Waals surface area contributed by atoms with Crippen LogP contribution in [0.4, 0.5) is 11.4 Å². The van der Waals surface area contributed by atoms with Crippen LogP contribution in [-0.4, -0.2) is 42.5 Å². The number of carbonyl (C=O) groups excluding carboxylic acids is 2. The summed E-state index contributed by atoms with van der Waals surface area (Å²) in [5.74, 6) is -1.85. The molecule has 0 aliphatic carbocycles. The molecule has 0 spiro atoms. The third kappa shape index (κ3) is 4.67. The van der Waals surface area contributed by atoms with Gasteiger partial charge in [-0.25, -0.2) is 4.79 Å². The van der Waals surface area contributed by atoms with Crippen LogP contribution in [0.5, 0.6) is 0 Å². The van der Waals surface area contributed by atoms with Gasteiger partial charge in [0.2, 0.25) is 0 Å². The van der Waals surface area contributed by atoms with E-state index in [2.05, 4.69) is 20.8 Å². The quantitative estimate of drug-likeness (QED) is 0.561. The van der Waals surface area contributed by atoms with Crippen molar-refractivity contribution in [1.82, 2.24) is 19.6 Å². The first-order valence-electron chi connectivity index (χ1n) is 8.90. The van der Waals surface area contributed by atoms with Crippen molar-refractivity contribution in [2.45, 2.75) is 26.4 Å². The molecule has 150 valence electrons. The van der Waals surface area contributed by atoms with Gasteiger partial charge in [0.05, 0.1) is 11.8 Å². The van der Waals surface area contributed by atoms with Crippen LogP contribution in [0.15, 0.2) is 48.9 Å². The van der Waals surface area contributed by atoms with Gasteiger partial charge in [0.1, 0.15) is 6.04 Å². The molecule has 0 saturated heterocycles. The van der Waals surface area contributed by atoms with Crippen LogP contribution in [0.3, 0.4) is 0 Å². The van der Waals surface area contributed by atoms with Crippen molar-refractivity contribution in [1.29, 1.82) is 0 Å².